The summed E-state index contributed by atoms with van der Waals surface area (Å²) in [5.41, 5.74) is 11.2. The Morgan fingerprint density at radius 2 is 1.29 bits per heavy atom. The number of ether oxygens (including phenoxy) is 1. The van der Waals surface area contributed by atoms with Crippen molar-refractivity contribution < 1.29 is 25.8 Å². The van der Waals surface area contributed by atoms with Gasteiger partial charge < -0.3 is 19.1 Å². The van der Waals surface area contributed by atoms with Crippen LogP contribution in [0.15, 0.2) is 109 Å². The van der Waals surface area contributed by atoms with Crippen molar-refractivity contribution in [2.24, 2.45) is 0 Å². The van der Waals surface area contributed by atoms with E-state index in [9.17, 15) is 0 Å². The number of nitrogens with zero attached hydrogens (tertiary/aromatic N) is 4. The zero-order chi connectivity index (χ0) is 41.1. The molecule has 0 amide bonds. The Labute approximate surface area is 366 Å². The Balaban J connectivity index is 0.00000528. The second-order valence-corrected chi connectivity index (χ2v) is 19.0. The molecule has 0 bridgehead atoms. The molecule has 5 nitrogen and oxygen atoms in total. The largest absolute Gasteiger partial charge is 0.509 e. The van der Waals surface area contributed by atoms with Crippen molar-refractivity contribution in [3.05, 3.63) is 150 Å². The van der Waals surface area contributed by atoms with Gasteiger partial charge >= 0.3 is 0 Å². The van der Waals surface area contributed by atoms with Gasteiger partial charge in [-0.3, -0.25) is 0 Å². The molecule has 0 aliphatic carbocycles. The molecule has 0 saturated heterocycles. The first-order valence-corrected chi connectivity index (χ1v) is 20.9. The summed E-state index contributed by atoms with van der Waals surface area (Å²) in [6.45, 7) is 27.0. The quantitative estimate of drug-likeness (QED) is 0.142. The maximum atomic E-state index is 6.83. The van der Waals surface area contributed by atoms with Gasteiger partial charge in [0.25, 0.3) is 0 Å². The molecule has 1 aliphatic heterocycles. The molecule has 0 saturated carbocycles. The van der Waals surface area contributed by atoms with Gasteiger partial charge in [0.1, 0.15) is 5.82 Å². The topological polar surface area (TPSA) is 33.5 Å². The van der Waals surface area contributed by atoms with Crippen LogP contribution in [0.2, 0.25) is 0 Å². The molecule has 1 aliphatic rings. The van der Waals surface area contributed by atoms with Gasteiger partial charge in [-0.25, -0.2) is 4.98 Å². The molecule has 0 spiro atoms. The first-order chi connectivity index (χ1) is 27.5. The number of benzene rings is 5. The predicted octanol–water partition coefficient (Wildman–Crippen LogP) is 14.8. The zero-order valence-electron chi connectivity index (χ0n) is 36.5. The van der Waals surface area contributed by atoms with Crippen LogP contribution < -0.4 is 14.5 Å². The fraction of sp³-hybridized carbons (Fsp3) is 0.321. The number of fused-ring (bicyclic) bond motifs is 4. The summed E-state index contributed by atoms with van der Waals surface area (Å²) < 4.78 is 9.09. The van der Waals surface area contributed by atoms with Crippen molar-refractivity contribution in [2.45, 2.75) is 111 Å². The Morgan fingerprint density at radius 3 is 1.97 bits per heavy atom. The summed E-state index contributed by atoms with van der Waals surface area (Å²) in [6.07, 6.45) is 4.17. The maximum Gasteiger partial charge on any atom is 0.135 e. The third kappa shape index (κ3) is 8.21. The molecular formula is C53H57N4OPt-3. The number of para-hydroxylation sites is 2. The monoisotopic (exact) mass is 960 g/mol. The molecule has 3 heterocycles. The van der Waals surface area contributed by atoms with E-state index in [4.69, 9.17) is 9.72 Å². The fourth-order valence-electron chi connectivity index (χ4n) is 8.16. The first-order valence-electron chi connectivity index (χ1n) is 20.9. The van der Waals surface area contributed by atoms with Crippen LogP contribution in [0.1, 0.15) is 117 Å². The molecule has 0 atom stereocenters. The number of aromatic nitrogens is 2. The van der Waals surface area contributed by atoms with Crippen molar-refractivity contribution in [1.29, 1.82) is 0 Å². The zero-order valence-corrected chi connectivity index (χ0v) is 38.7. The molecule has 6 heteroatoms. The molecule has 308 valence electrons. The summed E-state index contributed by atoms with van der Waals surface area (Å²) >= 11 is 0. The minimum Gasteiger partial charge on any atom is -0.509 e. The minimum atomic E-state index is -0.140. The molecular weight excluding hydrogens is 904 g/mol. The van der Waals surface area contributed by atoms with Crippen molar-refractivity contribution in [3.63, 3.8) is 0 Å². The standard InChI is InChI=1S/C53H57N4O.Pt/c1-12-35(13-2)36-17-16-18-40(27-36)55-34-56(47-20-15-14-19-46(47)55)41-28-39(53(9,10)11)29-43(32-41)58-42-22-24-45-44-23-21-37(51(3,4)5)30-48(44)57(49(45)33-42)50-31-38(25-26-54-50)52(6,7)8;/h14-31,34-35H,12-13H2,1-11H3;/q-3;. The first kappa shape index (κ1) is 42.3. The number of anilines is 4. The summed E-state index contributed by atoms with van der Waals surface area (Å²) in [5.74, 6) is 2.67. The van der Waals surface area contributed by atoms with Crippen molar-refractivity contribution in [2.75, 3.05) is 9.80 Å². The van der Waals surface area contributed by atoms with Crippen molar-refractivity contribution in [1.82, 2.24) is 9.55 Å². The summed E-state index contributed by atoms with van der Waals surface area (Å²) in [7, 11) is 0. The van der Waals surface area contributed by atoms with Gasteiger partial charge in [-0.1, -0.05) is 118 Å². The molecule has 59 heavy (non-hydrogen) atoms. The van der Waals surface area contributed by atoms with E-state index in [1.165, 1.54) is 16.7 Å². The molecule has 0 unspecified atom stereocenters. The fourth-order valence-corrected chi connectivity index (χ4v) is 8.16. The normalized spacial score (nSPS) is 13.4. The van der Waals surface area contributed by atoms with Gasteiger partial charge in [0.15, 0.2) is 0 Å². The number of rotatable bonds is 8. The minimum absolute atomic E-state index is 0. The summed E-state index contributed by atoms with van der Waals surface area (Å²) in [6, 6.07) is 44.7. The average Bonchev–Trinajstić information content (AvgIpc) is 3.73. The smallest absolute Gasteiger partial charge is 0.135 e. The third-order valence-electron chi connectivity index (χ3n) is 11.8. The van der Waals surface area contributed by atoms with E-state index in [-0.39, 0.29) is 37.3 Å². The summed E-state index contributed by atoms with van der Waals surface area (Å²) in [4.78, 5) is 9.49. The molecule has 0 fully saturated rings. The van der Waals surface area contributed by atoms with Crippen LogP contribution in [0.4, 0.5) is 22.7 Å². The summed E-state index contributed by atoms with van der Waals surface area (Å²) in [5, 5.41) is 2.27. The van der Waals surface area contributed by atoms with Gasteiger partial charge in [0.05, 0.1) is 0 Å². The molecule has 0 N–H and O–H groups in total. The number of hydrogen-bond donors (Lipinski definition) is 0. The van der Waals surface area contributed by atoms with Crippen LogP contribution in [-0.2, 0) is 37.3 Å². The second kappa shape index (κ2) is 16.0. The van der Waals surface area contributed by atoms with E-state index in [0.717, 1.165) is 68.8 Å². The van der Waals surface area contributed by atoms with E-state index >= 15 is 0 Å². The van der Waals surface area contributed by atoms with Gasteiger partial charge in [-0.15, -0.1) is 53.6 Å². The van der Waals surface area contributed by atoms with Crippen LogP contribution in [-0.4, -0.2) is 9.55 Å². The van der Waals surface area contributed by atoms with E-state index in [2.05, 4.69) is 206 Å². The van der Waals surface area contributed by atoms with E-state index in [1.807, 2.05) is 12.3 Å². The van der Waals surface area contributed by atoms with Crippen LogP contribution in [0.3, 0.4) is 0 Å². The van der Waals surface area contributed by atoms with Crippen LogP contribution in [0, 0.1) is 18.8 Å². The third-order valence-corrected chi connectivity index (χ3v) is 11.8. The Morgan fingerprint density at radius 1 is 0.627 bits per heavy atom. The van der Waals surface area contributed by atoms with Gasteiger partial charge in [0, 0.05) is 61.3 Å². The molecule has 7 aromatic rings. The number of hydrogen-bond acceptors (Lipinski definition) is 4. The molecule has 8 rings (SSSR count). The van der Waals surface area contributed by atoms with E-state index in [1.54, 1.807) is 0 Å². The predicted molar refractivity (Wildman–Crippen MR) is 244 cm³/mol. The van der Waals surface area contributed by atoms with Crippen LogP contribution >= 0.6 is 0 Å². The van der Waals surface area contributed by atoms with Crippen LogP contribution in [0.25, 0.3) is 27.6 Å². The Bertz CT molecular complexity index is 2630. The van der Waals surface area contributed by atoms with E-state index < -0.39 is 0 Å². The SMILES string of the molecule is CCC(CC)c1cccc(N2[CH-]N(c3[c-]c(Oc4[c-]c5c(cc4)c4ccc(C(C)(C)C)cc4n5-c4cc(C(C)(C)C)ccn4)cc(C(C)(C)C)c3)c3ccccc32)c1.[Pt]. The maximum absolute atomic E-state index is 6.83. The van der Waals surface area contributed by atoms with Gasteiger partial charge in [-0.05, 0) is 99.5 Å². The number of pyridine rings is 1. The van der Waals surface area contributed by atoms with Crippen molar-refractivity contribution >= 4 is 44.6 Å². The Kier molecular flexibility index (Phi) is 11.4. The van der Waals surface area contributed by atoms with E-state index in [0.29, 0.717) is 17.4 Å². The van der Waals surface area contributed by atoms with Crippen molar-refractivity contribution in [3.8, 4) is 17.3 Å². The Hall–Kier alpha value is -4.86. The molecule has 2 aromatic heterocycles. The average molecular weight is 961 g/mol. The molecule has 5 aromatic carbocycles. The van der Waals surface area contributed by atoms with Crippen LogP contribution in [0.5, 0.6) is 11.5 Å². The second-order valence-electron chi connectivity index (χ2n) is 19.0. The molecule has 0 radical (unpaired) electrons. The van der Waals surface area contributed by atoms with Gasteiger partial charge in [0.2, 0.25) is 0 Å². The van der Waals surface area contributed by atoms with Gasteiger partial charge in [-0.2, -0.15) is 6.07 Å².